The van der Waals surface area contributed by atoms with Gasteiger partial charge in [0.15, 0.2) is 11.5 Å². The zero-order valence-corrected chi connectivity index (χ0v) is 18.8. The van der Waals surface area contributed by atoms with Gasteiger partial charge in [-0.15, -0.1) is 6.42 Å². The van der Waals surface area contributed by atoms with Crippen LogP contribution in [0, 0.1) is 12.3 Å². The van der Waals surface area contributed by atoms with Gasteiger partial charge in [0.05, 0.1) is 30.6 Å². The van der Waals surface area contributed by atoms with Crippen molar-refractivity contribution in [2.75, 3.05) is 26.1 Å². The third-order valence-corrected chi connectivity index (χ3v) is 6.48. The minimum Gasteiger partial charge on any atom is -0.497 e. The second kappa shape index (κ2) is 8.48. The van der Waals surface area contributed by atoms with Crippen molar-refractivity contribution in [3.05, 3.63) is 53.7 Å². The molecule has 1 unspecified atom stereocenters. The number of amides is 1. The highest BCUT2D eigenvalue weighted by Crippen LogP contribution is 2.41. The Morgan fingerprint density at radius 3 is 2.88 bits per heavy atom. The summed E-state index contributed by atoms with van der Waals surface area (Å²) in [5.74, 6) is 4.66. The highest BCUT2D eigenvalue weighted by atomic mass is 32.1. The molecule has 4 aromatic rings. The van der Waals surface area contributed by atoms with Crippen LogP contribution in [-0.4, -0.2) is 41.5 Å². The van der Waals surface area contributed by atoms with Gasteiger partial charge in [0, 0.05) is 17.9 Å². The van der Waals surface area contributed by atoms with Gasteiger partial charge >= 0.3 is 0 Å². The Bertz CT molecular complexity index is 1400. The van der Waals surface area contributed by atoms with Crippen LogP contribution >= 0.6 is 11.3 Å². The van der Waals surface area contributed by atoms with E-state index in [0.29, 0.717) is 28.9 Å². The monoisotopic (exact) mass is 460 g/mol. The lowest BCUT2D eigenvalue weighted by atomic mass is 9.87. The van der Waals surface area contributed by atoms with Crippen LogP contribution in [0.5, 0.6) is 17.2 Å². The number of rotatable bonds is 6. The number of carbonyl (C=O) groups excluding carboxylic acids is 1. The summed E-state index contributed by atoms with van der Waals surface area (Å²) in [4.78, 5) is 17.3. The fourth-order valence-electron chi connectivity index (χ4n) is 3.91. The number of anilines is 1. The highest BCUT2D eigenvalue weighted by Gasteiger charge is 2.31. The second-order valence-corrected chi connectivity index (χ2v) is 8.41. The van der Waals surface area contributed by atoms with Crippen molar-refractivity contribution in [2.24, 2.45) is 0 Å². The molecule has 1 atom stereocenters. The molecule has 0 saturated carbocycles. The van der Waals surface area contributed by atoms with E-state index in [0.717, 1.165) is 27.1 Å². The Kier molecular flexibility index (Phi) is 5.36. The molecule has 3 heterocycles. The van der Waals surface area contributed by atoms with E-state index in [1.807, 2.05) is 36.4 Å². The molecule has 0 saturated heterocycles. The Labute approximate surface area is 194 Å². The number of aromatic nitrogens is 3. The number of hydrogen-bond acceptors (Lipinski definition) is 7. The van der Waals surface area contributed by atoms with E-state index in [2.05, 4.69) is 21.3 Å². The maximum absolute atomic E-state index is 12.6. The summed E-state index contributed by atoms with van der Waals surface area (Å²) in [6.07, 6.45) is 7.37. The molecule has 2 aromatic carbocycles. The molecule has 166 valence electrons. The molecule has 9 heteroatoms. The van der Waals surface area contributed by atoms with Gasteiger partial charge in [-0.1, -0.05) is 23.3 Å². The number of fused-ring (bicyclic) bond motifs is 2. The third kappa shape index (κ3) is 3.75. The predicted molar refractivity (Wildman–Crippen MR) is 126 cm³/mol. The molecule has 2 aromatic heterocycles. The summed E-state index contributed by atoms with van der Waals surface area (Å²) >= 11 is 1.48. The quantitative estimate of drug-likeness (QED) is 0.438. The van der Waals surface area contributed by atoms with Crippen LogP contribution in [0.2, 0.25) is 0 Å². The number of methoxy groups -OCH3 is 2. The summed E-state index contributed by atoms with van der Waals surface area (Å²) in [6.45, 7) is 0.145. The smallest absolute Gasteiger partial charge is 0.226 e. The van der Waals surface area contributed by atoms with Crippen LogP contribution in [0.4, 0.5) is 5.82 Å². The largest absolute Gasteiger partial charge is 0.497 e. The Balaban J connectivity index is 1.54. The van der Waals surface area contributed by atoms with Crippen LogP contribution < -0.4 is 19.5 Å². The highest BCUT2D eigenvalue weighted by molar-refractivity contribution is 7.20. The van der Waals surface area contributed by atoms with E-state index in [1.54, 1.807) is 25.1 Å². The SMILES string of the molecule is C#CCOc1ccc(C2CC(=O)Nc3c2cnn3-c2nc3ccc(OC)cc3s2)cc1OC. The van der Waals surface area contributed by atoms with Crippen molar-refractivity contribution in [1.82, 2.24) is 14.8 Å². The van der Waals surface area contributed by atoms with Crippen molar-refractivity contribution in [1.29, 1.82) is 0 Å². The lowest BCUT2D eigenvalue weighted by Gasteiger charge is -2.24. The van der Waals surface area contributed by atoms with Crippen molar-refractivity contribution >= 4 is 33.3 Å². The summed E-state index contributed by atoms with van der Waals surface area (Å²) < 4.78 is 19.0. The first-order chi connectivity index (χ1) is 16.1. The Morgan fingerprint density at radius 2 is 2.09 bits per heavy atom. The molecular formula is C24H20N4O4S. The van der Waals surface area contributed by atoms with Gasteiger partial charge in [-0.2, -0.15) is 9.78 Å². The van der Waals surface area contributed by atoms with Gasteiger partial charge in [-0.05, 0) is 35.9 Å². The molecule has 33 heavy (non-hydrogen) atoms. The van der Waals surface area contributed by atoms with Crippen LogP contribution in [-0.2, 0) is 4.79 Å². The van der Waals surface area contributed by atoms with E-state index in [4.69, 9.17) is 20.6 Å². The number of nitrogens with one attached hydrogen (secondary N) is 1. The van der Waals surface area contributed by atoms with Crippen molar-refractivity contribution in [2.45, 2.75) is 12.3 Å². The third-order valence-electron chi connectivity index (χ3n) is 5.49. The van der Waals surface area contributed by atoms with Crippen LogP contribution in [0.1, 0.15) is 23.5 Å². The second-order valence-electron chi connectivity index (χ2n) is 7.40. The van der Waals surface area contributed by atoms with Gasteiger partial charge in [0.25, 0.3) is 0 Å². The van der Waals surface area contributed by atoms with E-state index in [1.165, 1.54) is 11.3 Å². The van der Waals surface area contributed by atoms with Gasteiger partial charge in [-0.25, -0.2) is 4.98 Å². The molecule has 1 N–H and O–H groups in total. The van der Waals surface area contributed by atoms with Gasteiger partial charge in [0.1, 0.15) is 18.2 Å². The number of carbonyl (C=O) groups is 1. The van der Waals surface area contributed by atoms with Crippen LogP contribution in [0.15, 0.2) is 42.6 Å². The number of hydrogen-bond donors (Lipinski definition) is 1. The topological polar surface area (TPSA) is 87.5 Å². The molecule has 8 nitrogen and oxygen atoms in total. The first kappa shape index (κ1) is 20.8. The summed E-state index contributed by atoms with van der Waals surface area (Å²) in [5.41, 5.74) is 2.67. The lowest BCUT2D eigenvalue weighted by Crippen LogP contribution is -2.24. The summed E-state index contributed by atoms with van der Waals surface area (Å²) in [7, 11) is 3.20. The van der Waals surface area contributed by atoms with Crippen LogP contribution in [0.25, 0.3) is 15.3 Å². The molecule has 1 aliphatic heterocycles. The molecule has 0 radical (unpaired) electrons. The van der Waals surface area contributed by atoms with Crippen molar-refractivity contribution in [3.8, 4) is 34.7 Å². The molecule has 0 aliphatic carbocycles. The predicted octanol–water partition coefficient (Wildman–Crippen LogP) is 3.99. The van der Waals surface area contributed by atoms with Gasteiger partial charge < -0.3 is 19.5 Å². The zero-order valence-electron chi connectivity index (χ0n) is 18.0. The molecule has 1 aliphatic rings. The minimum absolute atomic E-state index is 0.0938. The average Bonchev–Trinajstić information content (AvgIpc) is 3.45. The molecule has 1 amide bonds. The van der Waals surface area contributed by atoms with E-state index in [9.17, 15) is 4.79 Å². The number of thiazole rings is 1. The fourth-order valence-corrected chi connectivity index (χ4v) is 4.87. The Morgan fingerprint density at radius 1 is 1.21 bits per heavy atom. The molecular weight excluding hydrogens is 440 g/mol. The molecule has 0 fully saturated rings. The normalized spacial score (nSPS) is 14.9. The van der Waals surface area contributed by atoms with Gasteiger partial charge in [-0.3, -0.25) is 4.79 Å². The molecule has 5 rings (SSSR count). The summed E-state index contributed by atoms with van der Waals surface area (Å²) in [6, 6.07) is 11.3. The minimum atomic E-state index is -0.187. The van der Waals surface area contributed by atoms with Crippen molar-refractivity contribution < 1.29 is 19.0 Å². The Hall–Kier alpha value is -4.03. The van der Waals surface area contributed by atoms with E-state index >= 15 is 0 Å². The lowest BCUT2D eigenvalue weighted by molar-refractivity contribution is -0.116. The molecule has 0 bridgehead atoms. The fraction of sp³-hybridized carbons (Fsp3) is 0.208. The van der Waals surface area contributed by atoms with Gasteiger partial charge in [0.2, 0.25) is 11.0 Å². The maximum atomic E-state index is 12.6. The van der Waals surface area contributed by atoms with E-state index < -0.39 is 0 Å². The average molecular weight is 461 g/mol. The summed E-state index contributed by atoms with van der Waals surface area (Å²) in [5, 5.41) is 8.19. The van der Waals surface area contributed by atoms with Crippen molar-refractivity contribution in [3.63, 3.8) is 0 Å². The number of terminal acetylenes is 1. The zero-order chi connectivity index (χ0) is 22.9. The molecule has 0 spiro atoms. The number of nitrogens with zero attached hydrogens (tertiary/aromatic N) is 3. The number of ether oxygens (including phenoxy) is 3. The van der Waals surface area contributed by atoms with E-state index in [-0.39, 0.29) is 18.4 Å². The number of benzene rings is 2. The van der Waals surface area contributed by atoms with Crippen LogP contribution in [0.3, 0.4) is 0 Å². The first-order valence-electron chi connectivity index (χ1n) is 10.2. The maximum Gasteiger partial charge on any atom is 0.226 e. The standard InChI is InChI=1S/C24H20N4O4S/c1-4-9-32-19-8-5-14(10-20(19)31-3)16-12-22(29)27-23-17(16)13-25-28(23)24-26-18-7-6-15(30-2)11-21(18)33-24/h1,5-8,10-11,13,16H,9,12H2,2-3H3,(H,27,29). The first-order valence-corrected chi connectivity index (χ1v) is 11.0.